The second-order valence-electron chi connectivity index (χ2n) is 6.15. The molecule has 4 rings (SSSR count). The number of hydrogen-bond donors (Lipinski definition) is 1. The number of benzene rings is 1. The fourth-order valence-electron chi connectivity index (χ4n) is 3.30. The number of carbonyl (C=O) groups is 1. The summed E-state index contributed by atoms with van der Waals surface area (Å²) in [4.78, 5) is 16.4. The number of ether oxygens (including phenoxy) is 2. The first kappa shape index (κ1) is 15.8. The van der Waals surface area contributed by atoms with Crippen molar-refractivity contribution in [1.82, 2.24) is 20.1 Å². The maximum absolute atomic E-state index is 13.2. The zero-order valence-electron chi connectivity index (χ0n) is 13.2. The number of para-hydroxylation sites is 1. The van der Waals surface area contributed by atoms with Gasteiger partial charge >= 0.3 is 6.29 Å². The van der Waals surface area contributed by atoms with Gasteiger partial charge < -0.3 is 14.8 Å². The molecular weight excluding hydrogens is 334 g/mol. The zero-order valence-corrected chi connectivity index (χ0v) is 13.2. The predicted molar refractivity (Wildman–Crippen MR) is 81.4 cm³/mol. The SMILES string of the molecule is O=C(NC1CCC(n2cncn2)CC1)c1cccc2c1OC(F)(F)O2. The van der Waals surface area contributed by atoms with E-state index in [4.69, 9.17) is 0 Å². The zero-order chi connectivity index (χ0) is 17.4. The number of alkyl halides is 2. The molecule has 0 atom stereocenters. The van der Waals surface area contributed by atoms with Crippen LogP contribution in [0.5, 0.6) is 11.5 Å². The first-order chi connectivity index (χ1) is 12.0. The molecule has 1 saturated carbocycles. The number of halogens is 2. The van der Waals surface area contributed by atoms with Crippen LogP contribution in [0.1, 0.15) is 42.1 Å². The Morgan fingerprint density at radius 2 is 2.04 bits per heavy atom. The lowest BCUT2D eigenvalue weighted by molar-refractivity contribution is -0.286. The number of fused-ring (bicyclic) bond motifs is 1. The molecule has 2 aromatic rings. The Hall–Kier alpha value is -2.71. The van der Waals surface area contributed by atoms with E-state index >= 15 is 0 Å². The van der Waals surface area contributed by atoms with Crippen LogP contribution in [0.3, 0.4) is 0 Å². The van der Waals surface area contributed by atoms with Crippen LogP contribution in [0.25, 0.3) is 0 Å². The van der Waals surface area contributed by atoms with Crippen LogP contribution in [0.15, 0.2) is 30.9 Å². The average Bonchev–Trinajstić information content (AvgIpc) is 3.21. The molecule has 132 valence electrons. The molecule has 1 aliphatic carbocycles. The first-order valence-corrected chi connectivity index (χ1v) is 8.06. The van der Waals surface area contributed by atoms with Gasteiger partial charge in [0.05, 0.1) is 11.6 Å². The Kier molecular flexibility index (Phi) is 3.78. The van der Waals surface area contributed by atoms with Gasteiger partial charge in [0.2, 0.25) is 0 Å². The van der Waals surface area contributed by atoms with E-state index in [0.29, 0.717) is 0 Å². The summed E-state index contributed by atoms with van der Waals surface area (Å²) in [5, 5.41) is 7.04. The molecule has 0 unspecified atom stereocenters. The predicted octanol–water partition coefficient (Wildman–Crippen LogP) is 2.51. The van der Waals surface area contributed by atoms with Crippen molar-refractivity contribution in [3.05, 3.63) is 36.4 Å². The fraction of sp³-hybridized carbons (Fsp3) is 0.438. The Balaban J connectivity index is 1.40. The molecule has 2 heterocycles. The van der Waals surface area contributed by atoms with Crippen LogP contribution in [0.4, 0.5) is 8.78 Å². The third-order valence-corrected chi connectivity index (χ3v) is 4.52. The van der Waals surface area contributed by atoms with E-state index in [9.17, 15) is 13.6 Å². The number of nitrogens with zero attached hydrogens (tertiary/aromatic N) is 3. The van der Waals surface area contributed by atoms with E-state index in [2.05, 4.69) is 24.9 Å². The highest BCUT2D eigenvalue weighted by Crippen LogP contribution is 2.43. The number of amides is 1. The molecule has 1 fully saturated rings. The van der Waals surface area contributed by atoms with Gasteiger partial charge in [-0.3, -0.25) is 4.79 Å². The molecule has 0 saturated heterocycles. The Morgan fingerprint density at radius 1 is 1.24 bits per heavy atom. The highest BCUT2D eigenvalue weighted by atomic mass is 19.3. The molecule has 0 spiro atoms. The first-order valence-electron chi connectivity index (χ1n) is 8.06. The van der Waals surface area contributed by atoms with Crippen molar-refractivity contribution in [2.45, 2.75) is 44.1 Å². The van der Waals surface area contributed by atoms with Crippen molar-refractivity contribution < 1.29 is 23.0 Å². The van der Waals surface area contributed by atoms with Gasteiger partial charge in [0.1, 0.15) is 12.7 Å². The molecule has 1 aromatic heterocycles. The summed E-state index contributed by atoms with van der Waals surface area (Å²) < 4.78 is 37.1. The standard InChI is InChI=1S/C16H16F2N4O3/c17-16(18)24-13-3-1-2-12(14(13)25-16)15(23)21-10-4-6-11(7-5-10)22-9-19-8-20-22/h1-3,8-11H,4-7H2,(H,21,23). The number of nitrogens with one attached hydrogen (secondary N) is 1. The van der Waals surface area contributed by atoms with Crippen LogP contribution >= 0.6 is 0 Å². The summed E-state index contributed by atoms with van der Waals surface area (Å²) in [6.07, 6.45) is 2.72. The molecule has 2 aliphatic rings. The number of aromatic nitrogens is 3. The third kappa shape index (κ3) is 3.13. The second-order valence-corrected chi connectivity index (χ2v) is 6.15. The molecule has 0 bridgehead atoms. The van der Waals surface area contributed by atoms with Gasteiger partial charge in [-0.1, -0.05) is 6.07 Å². The lowest BCUT2D eigenvalue weighted by Gasteiger charge is -2.29. The Labute approximate surface area is 141 Å². The van der Waals surface area contributed by atoms with E-state index in [1.807, 2.05) is 4.68 Å². The van der Waals surface area contributed by atoms with Crippen LogP contribution < -0.4 is 14.8 Å². The Morgan fingerprint density at radius 3 is 2.76 bits per heavy atom. The molecule has 1 amide bonds. The maximum Gasteiger partial charge on any atom is 0.586 e. The monoisotopic (exact) mass is 350 g/mol. The quantitative estimate of drug-likeness (QED) is 0.920. The summed E-state index contributed by atoms with van der Waals surface area (Å²) in [6.45, 7) is 0. The highest BCUT2D eigenvalue weighted by Gasteiger charge is 2.45. The van der Waals surface area contributed by atoms with Gasteiger partial charge in [-0.05, 0) is 37.8 Å². The van der Waals surface area contributed by atoms with E-state index < -0.39 is 12.2 Å². The largest absolute Gasteiger partial charge is 0.586 e. The molecule has 7 nitrogen and oxygen atoms in total. The van der Waals surface area contributed by atoms with Gasteiger partial charge in [-0.25, -0.2) is 9.67 Å². The summed E-state index contributed by atoms with van der Waals surface area (Å²) in [6, 6.07) is 4.52. The van der Waals surface area contributed by atoms with Crippen molar-refractivity contribution in [1.29, 1.82) is 0 Å². The Bertz CT molecular complexity index is 774. The smallest absolute Gasteiger partial charge is 0.395 e. The molecule has 0 radical (unpaired) electrons. The maximum atomic E-state index is 13.2. The van der Waals surface area contributed by atoms with Crippen LogP contribution in [0.2, 0.25) is 0 Å². The topological polar surface area (TPSA) is 78.3 Å². The van der Waals surface area contributed by atoms with Crippen LogP contribution in [0, 0.1) is 0 Å². The molecule has 9 heteroatoms. The average molecular weight is 350 g/mol. The minimum Gasteiger partial charge on any atom is -0.395 e. The van der Waals surface area contributed by atoms with Gasteiger partial charge in [0, 0.05) is 6.04 Å². The second kappa shape index (κ2) is 5.98. The molecule has 1 N–H and O–H groups in total. The van der Waals surface area contributed by atoms with Crippen molar-refractivity contribution >= 4 is 5.91 Å². The van der Waals surface area contributed by atoms with Gasteiger partial charge in [0.25, 0.3) is 5.91 Å². The summed E-state index contributed by atoms with van der Waals surface area (Å²) in [5.41, 5.74) is 0.0491. The molecular formula is C16H16F2N4O3. The van der Waals surface area contributed by atoms with Gasteiger partial charge in [-0.15, -0.1) is 8.78 Å². The normalized spacial score (nSPS) is 24.1. The number of rotatable bonds is 3. The van der Waals surface area contributed by atoms with Crippen molar-refractivity contribution in [3.8, 4) is 11.5 Å². The third-order valence-electron chi connectivity index (χ3n) is 4.52. The van der Waals surface area contributed by atoms with Crippen molar-refractivity contribution in [2.75, 3.05) is 0 Å². The fourth-order valence-corrected chi connectivity index (χ4v) is 3.30. The van der Waals surface area contributed by atoms with Gasteiger partial charge in [-0.2, -0.15) is 5.10 Å². The van der Waals surface area contributed by atoms with Crippen LogP contribution in [-0.4, -0.2) is 33.0 Å². The molecule has 1 aliphatic heterocycles. The van der Waals surface area contributed by atoms with Crippen LogP contribution in [-0.2, 0) is 0 Å². The number of hydrogen-bond acceptors (Lipinski definition) is 5. The summed E-state index contributed by atoms with van der Waals surface area (Å²) in [5.74, 6) is -0.795. The van der Waals surface area contributed by atoms with Crippen molar-refractivity contribution in [2.24, 2.45) is 0 Å². The highest BCUT2D eigenvalue weighted by molar-refractivity contribution is 5.98. The van der Waals surface area contributed by atoms with E-state index in [0.717, 1.165) is 25.7 Å². The minimum absolute atomic E-state index is 0.0223. The van der Waals surface area contributed by atoms with Gasteiger partial charge in [0.15, 0.2) is 11.5 Å². The molecule has 25 heavy (non-hydrogen) atoms. The summed E-state index contributed by atoms with van der Waals surface area (Å²) in [7, 11) is 0. The van der Waals surface area contributed by atoms with Crippen molar-refractivity contribution in [3.63, 3.8) is 0 Å². The minimum atomic E-state index is -3.74. The van der Waals surface area contributed by atoms with E-state index in [-0.39, 0.29) is 29.1 Å². The number of carbonyl (C=O) groups excluding carboxylic acids is 1. The lowest BCUT2D eigenvalue weighted by atomic mass is 9.91. The van der Waals surface area contributed by atoms with E-state index in [1.165, 1.54) is 24.5 Å². The van der Waals surface area contributed by atoms with E-state index in [1.54, 1.807) is 6.33 Å². The molecule has 1 aromatic carbocycles. The lowest BCUT2D eigenvalue weighted by Crippen LogP contribution is -2.38. The summed E-state index contributed by atoms with van der Waals surface area (Å²) >= 11 is 0.